The zero-order valence-electron chi connectivity index (χ0n) is 9.05. The summed E-state index contributed by atoms with van der Waals surface area (Å²) in [6, 6.07) is 4.24. The number of hydrogen-bond donors (Lipinski definition) is 0. The fourth-order valence-electron chi connectivity index (χ4n) is 0.514. The van der Waals surface area contributed by atoms with Crippen molar-refractivity contribution in [1.82, 2.24) is 0 Å². The van der Waals surface area contributed by atoms with Crippen LogP contribution in [0.15, 0.2) is 17.5 Å². The third-order valence-corrected chi connectivity index (χ3v) is 1.95. The topological polar surface area (TPSA) is 0 Å². The van der Waals surface area contributed by atoms with Crippen LogP contribution in [-0.2, 0) is 6.42 Å². The predicted octanol–water partition coefficient (Wildman–Crippen LogP) is 4.75. The second-order valence-corrected chi connectivity index (χ2v) is 3.17. The summed E-state index contributed by atoms with van der Waals surface area (Å²) in [6.07, 6.45) is 2.43. The van der Waals surface area contributed by atoms with Gasteiger partial charge in [-0.15, -0.1) is 11.3 Å². The minimum absolute atomic E-state index is 1.18. The molecule has 0 aliphatic rings. The molecule has 1 heterocycles. The molecule has 0 amide bonds. The van der Waals surface area contributed by atoms with Gasteiger partial charge in [-0.3, -0.25) is 0 Å². The molecule has 1 aromatic heterocycles. The molecule has 1 aromatic rings. The Labute approximate surface area is 81.6 Å². The van der Waals surface area contributed by atoms with E-state index in [1.54, 1.807) is 0 Å². The number of hydrogen-bond acceptors (Lipinski definition) is 1. The van der Waals surface area contributed by atoms with Crippen molar-refractivity contribution in [3.05, 3.63) is 22.4 Å². The minimum Gasteiger partial charge on any atom is -0.149 e. The third kappa shape index (κ3) is 9.70. The summed E-state index contributed by atoms with van der Waals surface area (Å²) in [7, 11) is 0. The molecule has 0 saturated heterocycles. The van der Waals surface area contributed by atoms with E-state index in [9.17, 15) is 0 Å². The smallest absolute Gasteiger partial charge is 0.00424 e. The fraction of sp³-hybridized carbons (Fsp3) is 0.636. The second kappa shape index (κ2) is 13.3. The molecule has 0 fully saturated rings. The van der Waals surface area contributed by atoms with Crippen LogP contribution in [0.5, 0.6) is 0 Å². The normalized spacial score (nSPS) is 7.42. The molecule has 1 heteroatoms. The van der Waals surface area contributed by atoms with E-state index in [0.29, 0.717) is 0 Å². The van der Waals surface area contributed by atoms with Gasteiger partial charge < -0.3 is 0 Å². The van der Waals surface area contributed by atoms with Crippen molar-refractivity contribution < 1.29 is 0 Å². The molecule has 1 rings (SSSR count). The molecule has 0 nitrogen and oxygen atoms in total. The molecule has 0 N–H and O–H groups in total. The molecule has 0 aliphatic heterocycles. The SMILES string of the molecule is CC.CCC.CCc1cccs1. The molecule has 0 unspecified atom stereocenters. The number of rotatable bonds is 1. The molecular formula is C11H22S. The Bertz CT molecular complexity index is 131. The van der Waals surface area contributed by atoms with Crippen LogP contribution in [0.25, 0.3) is 0 Å². The number of thiophene rings is 1. The van der Waals surface area contributed by atoms with Gasteiger partial charge in [-0.25, -0.2) is 0 Å². The molecule has 0 radical (unpaired) electrons. The van der Waals surface area contributed by atoms with Crippen LogP contribution < -0.4 is 0 Å². The summed E-state index contributed by atoms with van der Waals surface area (Å²) in [5.74, 6) is 0. The van der Waals surface area contributed by atoms with Crippen molar-refractivity contribution >= 4 is 11.3 Å². The highest BCUT2D eigenvalue weighted by Crippen LogP contribution is 2.07. The Morgan fingerprint density at radius 3 is 1.83 bits per heavy atom. The summed E-state index contributed by atoms with van der Waals surface area (Å²) in [5.41, 5.74) is 0. The third-order valence-electron chi connectivity index (χ3n) is 0.929. The van der Waals surface area contributed by atoms with Gasteiger partial charge in [0, 0.05) is 4.88 Å². The quantitative estimate of drug-likeness (QED) is 0.593. The van der Waals surface area contributed by atoms with E-state index in [4.69, 9.17) is 0 Å². The lowest BCUT2D eigenvalue weighted by Crippen LogP contribution is -1.63. The summed E-state index contributed by atoms with van der Waals surface area (Å²) < 4.78 is 0. The average molecular weight is 186 g/mol. The Kier molecular flexibility index (Phi) is 15.8. The lowest BCUT2D eigenvalue weighted by atomic mass is 10.4. The van der Waals surface area contributed by atoms with Gasteiger partial charge in [-0.2, -0.15) is 0 Å². The monoisotopic (exact) mass is 186 g/mol. The summed E-state index contributed by atoms with van der Waals surface area (Å²) in [4.78, 5) is 1.47. The van der Waals surface area contributed by atoms with Gasteiger partial charge in [-0.1, -0.05) is 47.1 Å². The standard InChI is InChI=1S/C6H8S.C3H8.C2H6/c1-2-6-4-3-5-7-6;1-3-2;1-2/h3-5H,2H2,1H3;3H2,1-2H3;1-2H3. The van der Waals surface area contributed by atoms with Gasteiger partial charge in [0.1, 0.15) is 0 Å². The van der Waals surface area contributed by atoms with Crippen LogP contribution in [0.3, 0.4) is 0 Å². The maximum absolute atomic E-state index is 2.17. The van der Waals surface area contributed by atoms with Gasteiger partial charge in [0.25, 0.3) is 0 Å². The van der Waals surface area contributed by atoms with Gasteiger partial charge in [-0.05, 0) is 17.9 Å². The van der Waals surface area contributed by atoms with E-state index in [1.807, 2.05) is 25.2 Å². The van der Waals surface area contributed by atoms with Gasteiger partial charge in [0.05, 0.1) is 0 Å². The zero-order valence-corrected chi connectivity index (χ0v) is 9.87. The van der Waals surface area contributed by atoms with Gasteiger partial charge in [0.2, 0.25) is 0 Å². The van der Waals surface area contributed by atoms with Crippen molar-refractivity contribution in [2.45, 2.75) is 47.5 Å². The van der Waals surface area contributed by atoms with E-state index in [-0.39, 0.29) is 0 Å². The predicted molar refractivity (Wildman–Crippen MR) is 61.0 cm³/mol. The first-order valence-corrected chi connectivity index (χ1v) is 5.75. The van der Waals surface area contributed by atoms with Crippen LogP contribution in [0.1, 0.15) is 45.9 Å². The van der Waals surface area contributed by atoms with Crippen LogP contribution in [-0.4, -0.2) is 0 Å². The maximum Gasteiger partial charge on any atom is 0.00424 e. The van der Waals surface area contributed by atoms with Crippen molar-refractivity contribution in [3.8, 4) is 0 Å². The molecule has 0 atom stereocenters. The van der Waals surface area contributed by atoms with Gasteiger partial charge >= 0.3 is 0 Å². The van der Waals surface area contributed by atoms with Crippen LogP contribution in [0, 0.1) is 0 Å². The Hall–Kier alpha value is -0.300. The second-order valence-electron chi connectivity index (χ2n) is 2.14. The van der Waals surface area contributed by atoms with Crippen LogP contribution in [0.4, 0.5) is 0 Å². The highest BCUT2D eigenvalue weighted by Gasteiger charge is 1.82. The molecule has 0 aromatic carbocycles. The summed E-state index contributed by atoms with van der Waals surface area (Å²) in [5, 5.41) is 2.11. The molecule has 0 spiro atoms. The van der Waals surface area contributed by atoms with E-state index < -0.39 is 0 Å². The van der Waals surface area contributed by atoms with E-state index in [2.05, 4.69) is 38.3 Å². The lowest BCUT2D eigenvalue weighted by Gasteiger charge is -1.78. The van der Waals surface area contributed by atoms with E-state index >= 15 is 0 Å². The first-order valence-electron chi connectivity index (χ1n) is 4.87. The summed E-state index contributed by atoms with van der Waals surface area (Å²) >= 11 is 1.82. The summed E-state index contributed by atoms with van der Waals surface area (Å²) in [6.45, 7) is 10.4. The van der Waals surface area contributed by atoms with E-state index in [0.717, 1.165) is 0 Å². The molecule has 0 saturated carbocycles. The van der Waals surface area contributed by atoms with Crippen molar-refractivity contribution in [2.24, 2.45) is 0 Å². The molecule has 12 heavy (non-hydrogen) atoms. The lowest BCUT2D eigenvalue weighted by molar-refractivity contribution is 1.09. The largest absolute Gasteiger partial charge is 0.149 e. The highest BCUT2D eigenvalue weighted by atomic mass is 32.1. The Balaban J connectivity index is 0. The molecule has 0 bridgehead atoms. The maximum atomic E-state index is 2.17. The van der Waals surface area contributed by atoms with Crippen molar-refractivity contribution in [1.29, 1.82) is 0 Å². The first-order chi connectivity index (χ1) is 5.85. The molecule has 72 valence electrons. The molecule has 0 aliphatic carbocycles. The zero-order chi connectivity index (χ0) is 9.82. The highest BCUT2D eigenvalue weighted by molar-refractivity contribution is 7.09. The minimum atomic E-state index is 1.18. The van der Waals surface area contributed by atoms with E-state index in [1.165, 1.54) is 17.7 Å². The Morgan fingerprint density at radius 1 is 1.17 bits per heavy atom. The fourth-order valence-corrected chi connectivity index (χ4v) is 1.17. The number of aryl methyl sites for hydroxylation is 1. The van der Waals surface area contributed by atoms with Gasteiger partial charge in [0.15, 0.2) is 0 Å². The van der Waals surface area contributed by atoms with Crippen molar-refractivity contribution in [3.63, 3.8) is 0 Å². The first kappa shape index (κ1) is 14.2. The molecular weight excluding hydrogens is 164 g/mol. The van der Waals surface area contributed by atoms with Crippen molar-refractivity contribution in [2.75, 3.05) is 0 Å². The Morgan fingerprint density at radius 2 is 1.67 bits per heavy atom. The van der Waals surface area contributed by atoms with Crippen LogP contribution >= 0.6 is 11.3 Å². The average Bonchev–Trinajstić information content (AvgIpc) is 2.61. The van der Waals surface area contributed by atoms with Crippen LogP contribution in [0.2, 0.25) is 0 Å².